The summed E-state index contributed by atoms with van der Waals surface area (Å²) in [5.74, 6) is 1.75. The van der Waals surface area contributed by atoms with Crippen molar-refractivity contribution in [2.24, 2.45) is 13.0 Å². The van der Waals surface area contributed by atoms with E-state index < -0.39 is 6.10 Å². The molecule has 1 aliphatic heterocycles. The summed E-state index contributed by atoms with van der Waals surface area (Å²) in [4.78, 5) is 18.6. The largest absolute Gasteiger partial charge is 0.456 e. The summed E-state index contributed by atoms with van der Waals surface area (Å²) in [6.07, 6.45) is 5.37. The van der Waals surface area contributed by atoms with E-state index in [9.17, 15) is 9.90 Å². The van der Waals surface area contributed by atoms with Crippen LogP contribution in [0.4, 0.5) is 0 Å². The number of nitrogens with zero attached hydrogens (tertiary/aromatic N) is 3. The molecule has 1 fully saturated rings. The maximum absolute atomic E-state index is 12.6. The molecule has 3 rings (SSSR count). The van der Waals surface area contributed by atoms with Crippen molar-refractivity contribution < 1.29 is 14.3 Å². The number of aryl methyl sites for hydroxylation is 2. The van der Waals surface area contributed by atoms with Crippen LogP contribution in [0, 0.1) is 5.92 Å². The Hall–Kier alpha value is -2.08. The SMILES string of the molecule is CCc1ccc(C(=O)N2CCCC(C(O)c3nccn3C)C2)o1. The van der Waals surface area contributed by atoms with Crippen molar-refractivity contribution in [3.05, 3.63) is 41.9 Å². The molecule has 1 saturated heterocycles. The molecule has 0 spiro atoms. The van der Waals surface area contributed by atoms with Crippen LogP contribution in [-0.2, 0) is 13.5 Å². The second-order valence-electron chi connectivity index (χ2n) is 6.11. The van der Waals surface area contributed by atoms with Crippen molar-refractivity contribution in [2.45, 2.75) is 32.3 Å². The van der Waals surface area contributed by atoms with Crippen LogP contribution in [0.25, 0.3) is 0 Å². The van der Waals surface area contributed by atoms with Gasteiger partial charge in [-0.3, -0.25) is 4.79 Å². The van der Waals surface area contributed by atoms with Crippen LogP contribution >= 0.6 is 0 Å². The number of imidazole rings is 1. The number of aromatic nitrogens is 2. The van der Waals surface area contributed by atoms with E-state index >= 15 is 0 Å². The summed E-state index contributed by atoms with van der Waals surface area (Å²) >= 11 is 0. The third-order valence-electron chi connectivity index (χ3n) is 4.54. The monoisotopic (exact) mass is 317 g/mol. The molecule has 2 aromatic heterocycles. The maximum atomic E-state index is 12.6. The van der Waals surface area contributed by atoms with Crippen LogP contribution in [0.1, 0.15) is 48.0 Å². The number of aliphatic hydroxyl groups excluding tert-OH is 1. The Bertz CT molecular complexity index is 676. The second-order valence-corrected chi connectivity index (χ2v) is 6.11. The van der Waals surface area contributed by atoms with E-state index in [1.54, 1.807) is 17.2 Å². The van der Waals surface area contributed by atoms with Crippen molar-refractivity contribution >= 4 is 5.91 Å². The van der Waals surface area contributed by atoms with Gasteiger partial charge in [-0.15, -0.1) is 0 Å². The molecule has 0 aromatic carbocycles. The van der Waals surface area contributed by atoms with E-state index in [-0.39, 0.29) is 11.8 Å². The lowest BCUT2D eigenvalue weighted by atomic mass is 9.92. The predicted octanol–water partition coefficient (Wildman–Crippen LogP) is 2.16. The predicted molar refractivity (Wildman–Crippen MR) is 84.9 cm³/mol. The summed E-state index contributed by atoms with van der Waals surface area (Å²) in [6, 6.07) is 3.58. The standard InChI is InChI=1S/C17H23N3O3/c1-3-13-6-7-14(23-13)17(22)20-9-4-5-12(11-20)15(21)16-18-8-10-19(16)2/h6-8,10,12,15,21H,3-5,9,11H2,1-2H3. The Balaban J connectivity index is 1.70. The van der Waals surface area contributed by atoms with Gasteiger partial charge in [-0.25, -0.2) is 4.98 Å². The minimum Gasteiger partial charge on any atom is -0.456 e. The maximum Gasteiger partial charge on any atom is 0.289 e. The van der Waals surface area contributed by atoms with Gasteiger partial charge in [-0.05, 0) is 25.0 Å². The fourth-order valence-electron chi connectivity index (χ4n) is 3.16. The summed E-state index contributed by atoms with van der Waals surface area (Å²) < 4.78 is 7.39. The average Bonchev–Trinajstić information content (AvgIpc) is 3.22. The number of likely N-dealkylation sites (tertiary alicyclic amines) is 1. The molecule has 124 valence electrons. The minimum atomic E-state index is -0.659. The molecular formula is C17H23N3O3. The highest BCUT2D eigenvalue weighted by Gasteiger charge is 2.32. The number of carbonyl (C=O) groups is 1. The van der Waals surface area contributed by atoms with Gasteiger partial charge in [0.2, 0.25) is 0 Å². The number of rotatable bonds is 4. The number of amides is 1. The van der Waals surface area contributed by atoms with Crippen LogP contribution in [0.2, 0.25) is 0 Å². The van der Waals surface area contributed by atoms with Crippen LogP contribution in [-0.4, -0.2) is 38.6 Å². The molecule has 0 radical (unpaired) electrons. The van der Waals surface area contributed by atoms with Gasteiger partial charge in [0, 0.05) is 44.9 Å². The molecule has 6 heteroatoms. The fraction of sp³-hybridized carbons (Fsp3) is 0.529. The average molecular weight is 317 g/mol. The Kier molecular flexibility index (Phi) is 4.52. The van der Waals surface area contributed by atoms with E-state index in [4.69, 9.17) is 4.42 Å². The Morgan fingerprint density at radius 1 is 1.52 bits per heavy atom. The van der Waals surface area contributed by atoms with Crippen LogP contribution < -0.4 is 0 Å². The van der Waals surface area contributed by atoms with Gasteiger partial charge in [0.1, 0.15) is 17.7 Å². The molecule has 1 N–H and O–H groups in total. The van der Waals surface area contributed by atoms with Gasteiger partial charge in [-0.2, -0.15) is 0 Å². The molecule has 2 aromatic rings. The van der Waals surface area contributed by atoms with E-state index in [2.05, 4.69) is 4.98 Å². The number of hydrogen-bond donors (Lipinski definition) is 1. The first-order chi connectivity index (χ1) is 11.1. The Morgan fingerprint density at radius 3 is 3.00 bits per heavy atom. The molecule has 0 aliphatic carbocycles. The number of aliphatic hydroxyl groups is 1. The third-order valence-corrected chi connectivity index (χ3v) is 4.54. The molecule has 0 saturated carbocycles. The third kappa shape index (κ3) is 3.17. The lowest BCUT2D eigenvalue weighted by molar-refractivity contribution is 0.0339. The lowest BCUT2D eigenvalue weighted by Crippen LogP contribution is -2.41. The second kappa shape index (κ2) is 6.58. The van der Waals surface area contributed by atoms with Gasteiger partial charge < -0.3 is 19.0 Å². The molecule has 23 heavy (non-hydrogen) atoms. The molecule has 2 atom stereocenters. The minimum absolute atomic E-state index is 0.00518. The van der Waals surface area contributed by atoms with Crippen molar-refractivity contribution in [3.8, 4) is 0 Å². The fourth-order valence-corrected chi connectivity index (χ4v) is 3.16. The number of piperidine rings is 1. The molecule has 1 amide bonds. The van der Waals surface area contributed by atoms with E-state index in [0.29, 0.717) is 24.7 Å². The van der Waals surface area contributed by atoms with Crippen LogP contribution in [0.15, 0.2) is 28.9 Å². The molecule has 6 nitrogen and oxygen atoms in total. The Morgan fingerprint density at radius 2 is 2.35 bits per heavy atom. The first-order valence-electron chi connectivity index (χ1n) is 8.13. The summed E-state index contributed by atoms with van der Waals surface area (Å²) in [5.41, 5.74) is 0. The molecule has 3 heterocycles. The zero-order valence-corrected chi connectivity index (χ0v) is 13.6. The first kappa shape index (κ1) is 15.8. The Labute approximate surface area is 135 Å². The highest BCUT2D eigenvalue weighted by molar-refractivity contribution is 5.91. The summed E-state index contributed by atoms with van der Waals surface area (Å²) in [6.45, 7) is 3.22. The number of furan rings is 1. The molecule has 2 unspecified atom stereocenters. The summed E-state index contributed by atoms with van der Waals surface area (Å²) in [5, 5.41) is 10.6. The van der Waals surface area contributed by atoms with E-state index in [0.717, 1.165) is 25.0 Å². The number of carbonyl (C=O) groups excluding carboxylic acids is 1. The van der Waals surface area contributed by atoms with Gasteiger partial charge in [0.05, 0.1) is 0 Å². The van der Waals surface area contributed by atoms with Crippen molar-refractivity contribution in [2.75, 3.05) is 13.1 Å². The highest BCUT2D eigenvalue weighted by Crippen LogP contribution is 2.29. The quantitative estimate of drug-likeness (QED) is 0.938. The van der Waals surface area contributed by atoms with Gasteiger partial charge >= 0.3 is 0 Å². The van der Waals surface area contributed by atoms with Gasteiger partial charge in [-0.1, -0.05) is 6.92 Å². The van der Waals surface area contributed by atoms with Crippen LogP contribution in [0.3, 0.4) is 0 Å². The normalized spacial score (nSPS) is 19.8. The topological polar surface area (TPSA) is 71.5 Å². The first-order valence-corrected chi connectivity index (χ1v) is 8.13. The van der Waals surface area contributed by atoms with Crippen LogP contribution in [0.5, 0.6) is 0 Å². The van der Waals surface area contributed by atoms with Gasteiger partial charge in [0.25, 0.3) is 5.91 Å². The van der Waals surface area contributed by atoms with Crippen molar-refractivity contribution in [1.82, 2.24) is 14.5 Å². The molecule has 0 bridgehead atoms. The highest BCUT2D eigenvalue weighted by atomic mass is 16.4. The van der Waals surface area contributed by atoms with Gasteiger partial charge in [0.15, 0.2) is 5.76 Å². The van der Waals surface area contributed by atoms with E-state index in [1.165, 1.54) is 0 Å². The van der Waals surface area contributed by atoms with E-state index in [1.807, 2.05) is 30.8 Å². The smallest absolute Gasteiger partial charge is 0.289 e. The lowest BCUT2D eigenvalue weighted by Gasteiger charge is -2.34. The zero-order valence-electron chi connectivity index (χ0n) is 13.6. The zero-order chi connectivity index (χ0) is 16.4. The molecular weight excluding hydrogens is 294 g/mol. The number of hydrogen-bond acceptors (Lipinski definition) is 4. The molecule has 1 aliphatic rings. The van der Waals surface area contributed by atoms with Crippen molar-refractivity contribution in [1.29, 1.82) is 0 Å². The van der Waals surface area contributed by atoms with Crippen molar-refractivity contribution in [3.63, 3.8) is 0 Å². The summed E-state index contributed by atoms with van der Waals surface area (Å²) in [7, 11) is 1.87.